The summed E-state index contributed by atoms with van der Waals surface area (Å²) in [7, 11) is 1.61. The second-order valence-corrected chi connectivity index (χ2v) is 4.23. The molecular formula is C15H22O4. The highest BCUT2D eigenvalue weighted by atomic mass is 16.7. The largest absolute Gasteiger partial charge is 0.462 e. The molecule has 1 rings (SSSR count). The molecule has 0 amide bonds. The molecule has 1 aromatic rings. The van der Waals surface area contributed by atoms with Crippen molar-refractivity contribution in [3.63, 3.8) is 0 Å². The van der Waals surface area contributed by atoms with E-state index in [1.54, 1.807) is 19.2 Å². The molecule has 0 atom stereocenters. The van der Waals surface area contributed by atoms with Gasteiger partial charge in [0, 0.05) is 13.7 Å². The van der Waals surface area contributed by atoms with Gasteiger partial charge in [0.25, 0.3) is 0 Å². The first kappa shape index (κ1) is 15.7. The molecule has 0 aliphatic carbocycles. The van der Waals surface area contributed by atoms with Crippen LogP contribution in [0.5, 0.6) is 0 Å². The number of carbonyl (C=O) groups is 1. The fourth-order valence-electron chi connectivity index (χ4n) is 1.62. The van der Waals surface area contributed by atoms with Gasteiger partial charge < -0.3 is 14.2 Å². The van der Waals surface area contributed by atoms with Crippen molar-refractivity contribution in [2.45, 2.75) is 25.7 Å². The predicted octanol–water partition coefficient (Wildman–Crippen LogP) is 3.02. The Hall–Kier alpha value is -1.39. The van der Waals surface area contributed by atoms with Gasteiger partial charge in [0.2, 0.25) is 0 Å². The van der Waals surface area contributed by atoms with Gasteiger partial charge >= 0.3 is 5.97 Å². The molecule has 0 saturated heterocycles. The number of hydrogen-bond acceptors (Lipinski definition) is 4. The average molecular weight is 266 g/mol. The van der Waals surface area contributed by atoms with E-state index in [9.17, 15) is 4.79 Å². The minimum Gasteiger partial charge on any atom is -0.462 e. The van der Waals surface area contributed by atoms with Crippen LogP contribution in [0.4, 0.5) is 0 Å². The van der Waals surface area contributed by atoms with Gasteiger partial charge in [-0.15, -0.1) is 0 Å². The number of rotatable bonds is 10. The molecule has 4 heteroatoms. The van der Waals surface area contributed by atoms with E-state index in [4.69, 9.17) is 14.2 Å². The fourth-order valence-corrected chi connectivity index (χ4v) is 1.62. The Morgan fingerprint density at radius 1 is 1.00 bits per heavy atom. The van der Waals surface area contributed by atoms with Crippen LogP contribution in [0, 0.1) is 0 Å². The van der Waals surface area contributed by atoms with Crippen LogP contribution in [-0.2, 0) is 14.2 Å². The topological polar surface area (TPSA) is 44.8 Å². The van der Waals surface area contributed by atoms with Crippen LogP contribution in [0.15, 0.2) is 30.3 Å². The van der Waals surface area contributed by atoms with Gasteiger partial charge in [-0.3, -0.25) is 0 Å². The average Bonchev–Trinajstić information content (AvgIpc) is 2.46. The number of methoxy groups -OCH3 is 1. The molecule has 0 aliphatic rings. The van der Waals surface area contributed by atoms with Crippen molar-refractivity contribution in [3.8, 4) is 0 Å². The first-order valence-corrected chi connectivity index (χ1v) is 6.63. The van der Waals surface area contributed by atoms with Crippen molar-refractivity contribution in [1.29, 1.82) is 0 Å². The van der Waals surface area contributed by atoms with E-state index in [-0.39, 0.29) is 5.97 Å². The van der Waals surface area contributed by atoms with Crippen molar-refractivity contribution in [3.05, 3.63) is 35.9 Å². The molecule has 0 bridgehead atoms. The van der Waals surface area contributed by atoms with Crippen molar-refractivity contribution in [1.82, 2.24) is 0 Å². The van der Waals surface area contributed by atoms with E-state index >= 15 is 0 Å². The van der Waals surface area contributed by atoms with Gasteiger partial charge in [-0.2, -0.15) is 0 Å². The summed E-state index contributed by atoms with van der Waals surface area (Å²) in [6.07, 6.45) is 4.02. The van der Waals surface area contributed by atoms with Gasteiger partial charge in [0.15, 0.2) is 0 Å². The van der Waals surface area contributed by atoms with Gasteiger partial charge in [0.05, 0.1) is 12.2 Å². The highest BCUT2D eigenvalue weighted by Gasteiger charge is 2.04. The molecule has 0 heterocycles. The molecule has 0 aromatic heterocycles. The highest BCUT2D eigenvalue weighted by molar-refractivity contribution is 5.89. The van der Waals surface area contributed by atoms with E-state index in [0.29, 0.717) is 19.0 Å². The van der Waals surface area contributed by atoms with Crippen LogP contribution < -0.4 is 0 Å². The number of benzene rings is 1. The smallest absolute Gasteiger partial charge is 0.338 e. The fraction of sp³-hybridized carbons (Fsp3) is 0.533. The van der Waals surface area contributed by atoms with Gasteiger partial charge in [-0.25, -0.2) is 4.79 Å². The molecule has 0 fully saturated rings. The summed E-state index contributed by atoms with van der Waals surface area (Å²) < 4.78 is 15.1. The zero-order valence-corrected chi connectivity index (χ0v) is 11.5. The predicted molar refractivity (Wildman–Crippen MR) is 73.0 cm³/mol. The lowest BCUT2D eigenvalue weighted by Gasteiger charge is -2.05. The second kappa shape index (κ2) is 10.5. The summed E-state index contributed by atoms with van der Waals surface area (Å²) in [6, 6.07) is 9.06. The van der Waals surface area contributed by atoms with Crippen LogP contribution in [0.1, 0.15) is 36.0 Å². The van der Waals surface area contributed by atoms with Crippen LogP contribution in [0.3, 0.4) is 0 Å². The molecule has 0 unspecified atom stereocenters. The Bertz CT molecular complexity index is 337. The zero-order chi connectivity index (χ0) is 13.8. The molecular weight excluding hydrogens is 244 g/mol. The standard InChI is InChI=1S/C15H22O4/c1-17-13-18-11-7-2-3-8-12-19-15(16)14-9-5-4-6-10-14/h4-6,9-10H,2-3,7-8,11-13H2,1H3. The molecule has 1 aromatic carbocycles. The van der Waals surface area contributed by atoms with Crippen LogP contribution in [0.25, 0.3) is 0 Å². The van der Waals surface area contributed by atoms with Crippen molar-refractivity contribution in [2.75, 3.05) is 27.1 Å². The quantitative estimate of drug-likeness (QED) is 0.371. The van der Waals surface area contributed by atoms with Crippen molar-refractivity contribution in [2.24, 2.45) is 0 Å². The van der Waals surface area contributed by atoms with Crippen LogP contribution in [0.2, 0.25) is 0 Å². The summed E-state index contributed by atoms with van der Waals surface area (Å²) in [5.74, 6) is -0.246. The number of esters is 1. The molecule has 0 N–H and O–H groups in total. The summed E-state index contributed by atoms with van der Waals surface area (Å²) in [6.45, 7) is 1.55. The third-order valence-electron chi connectivity index (χ3n) is 2.63. The highest BCUT2D eigenvalue weighted by Crippen LogP contribution is 2.04. The lowest BCUT2D eigenvalue weighted by molar-refractivity contribution is -0.0316. The van der Waals surface area contributed by atoms with Gasteiger partial charge in [-0.1, -0.05) is 24.6 Å². The summed E-state index contributed by atoms with van der Waals surface area (Å²) in [5.41, 5.74) is 0.607. The number of carbonyl (C=O) groups excluding carboxylic acids is 1. The normalized spacial score (nSPS) is 10.4. The first-order valence-electron chi connectivity index (χ1n) is 6.63. The van der Waals surface area contributed by atoms with E-state index in [1.807, 2.05) is 18.2 Å². The maximum atomic E-state index is 11.6. The molecule has 0 aliphatic heterocycles. The van der Waals surface area contributed by atoms with Gasteiger partial charge in [0.1, 0.15) is 6.79 Å². The van der Waals surface area contributed by atoms with E-state index in [0.717, 1.165) is 32.3 Å². The Morgan fingerprint density at radius 2 is 1.68 bits per heavy atom. The number of unbranched alkanes of at least 4 members (excludes halogenated alkanes) is 3. The maximum absolute atomic E-state index is 11.6. The van der Waals surface area contributed by atoms with Crippen LogP contribution >= 0.6 is 0 Å². The summed E-state index contributed by atoms with van der Waals surface area (Å²) in [5, 5.41) is 0. The van der Waals surface area contributed by atoms with E-state index < -0.39 is 0 Å². The monoisotopic (exact) mass is 266 g/mol. The van der Waals surface area contributed by atoms with Crippen LogP contribution in [-0.4, -0.2) is 33.1 Å². The number of ether oxygens (including phenoxy) is 3. The summed E-state index contributed by atoms with van der Waals surface area (Å²) in [4.78, 5) is 11.6. The molecule has 0 radical (unpaired) electrons. The second-order valence-electron chi connectivity index (χ2n) is 4.23. The zero-order valence-electron chi connectivity index (χ0n) is 11.5. The maximum Gasteiger partial charge on any atom is 0.338 e. The summed E-state index contributed by atoms with van der Waals surface area (Å²) >= 11 is 0. The lowest BCUT2D eigenvalue weighted by atomic mass is 10.2. The minimum atomic E-state index is -0.246. The molecule has 4 nitrogen and oxygen atoms in total. The molecule has 0 spiro atoms. The Labute approximate surface area is 114 Å². The minimum absolute atomic E-state index is 0.246. The lowest BCUT2D eigenvalue weighted by Crippen LogP contribution is -2.06. The number of hydrogen-bond donors (Lipinski definition) is 0. The Balaban J connectivity index is 1.95. The molecule has 19 heavy (non-hydrogen) atoms. The Morgan fingerprint density at radius 3 is 2.37 bits per heavy atom. The van der Waals surface area contributed by atoms with E-state index in [2.05, 4.69) is 0 Å². The first-order chi connectivity index (χ1) is 9.34. The van der Waals surface area contributed by atoms with Crippen molar-refractivity contribution >= 4 is 5.97 Å². The van der Waals surface area contributed by atoms with Gasteiger partial charge in [-0.05, 0) is 31.4 Å². The molecule has 106 valence electrons. The Kier molecular flexibility index (Phi) is 8.68. The third-order valence-corrected chi connectivity index (χ3v) is 2.63. The van der Waals surface area contributed by atoms with E-state index in [1.165, 1.54) is 0 Å². The van der Waals surface area contributed by atoms with Crippen molar-refractivity contribution < 1.29 is 19.0 Å². The third kappa shape index (κ3) is 7.59. The SMILES string of the molecule is COCOCCCCCCOC(=O)c1ccccc1. The molecule has 0 saturated carbocycles.